The largest absolute Gasteiger partial charge is 0.346 e. The summed E-state index contributed by atoms with van der Waals surface area (Å²) in [6, 6.07) is 3.56. The van der Waals surface area contributed by atoms with Crippen LogP contribution in [0.2, 0.25) is 5.02 Å². The maximum absolute atomic E-state index is 10.9. The minimum absolute atomic E-state index is 0.0771. The van der Waals surface area contributed by atoms with E-state index in [0.29, 0.717) is 5.02 Å². The Bertz CT molecular complexity index is 332. The number of aromatic nitrogens is 1. The molecular formula is C10H13ClN2O. The van der Waals surface area contributed by atoms with Crippen molar-refractivity contribution in [2.75, 3.05) is 0 Å². The summed E-state index contributed by atoms with van der Waals surface area (Å²) in [5.41, 5.74) is 0.327. The van der Waals surface area contributed by atoms with Crippen LogP contribution >= 0.6 is 11.6 Å². The highest BCUT2D eigenvalue weighted by molar-refractivity contribution is 6.30. The normalized spacial score (nSPS) is 11.1. The molecule has 0 spiro atoms. The number of carbonyl (C=O) groups excluding carboxylic acids is 1. The van der Waals surface area contributed by atoms with Crippen LogP contribution in [0.5, 0.6) is 0 Å². The Balaban J connectivity index is 2.91. The number of hydrogen-bond acceptors (Lipinski definition) is 2. The van der Waals surface area contributed by atoms with Gasteiger partial charge in [0, 0.05) is 13.1 Å². The van der Waals surface area contributed by atoms with Gasteiger partial charge in [-0.25, -0.2) is 0 Å². The van der Waals surface area contributed by atoms with Gasteiger partial charge in [0.25, 0.3) is 0 Å². The Morgan fingerprint density at radius 1 is 1.50 bits per heavy atom. The number of pyridine rings is 1. The fourth-order valence-electron chi connectivity index (χ4n) is 1.25. The summed E-state index contributed by atoms with van der Waals surface area (Å²) in [6.07, 6.45) is 1.57. The van der Waals surface area contributed by atoms with E-state index in [0.717, 1.165) is 5.69 Å². The molecule has 0 aliphatic rings. The molecule has 0 aliphatic carbocycles. The summed E-state index contributed by atoms with van der Waals surface area (Å²) in [6.45, 7) is 5.27. The van der Waals surface area contributed by atoms with Crippen molar-refractivity contribution in [2.45, 2.75) is 26.3 Å². The average molecular weight is 213 g/mol. The van der Waals surface area contributed by atoms with Crippen molar-refractivity contribution in [3.63, 3.8) is 0 Å². The van der Waals surface area contributed by atoms with E-state index in [1.54, 1.807) is 18.3 Å². The first-order valence-electron chi connectivity index (χ1n) is 4.32. The second-order valence-corrected chi connectivity index (χ2v) is 4.10. The Labute approximate surface area is 88.5 Å². The third-order valence-electron chi connectivity index (χ3n) is 1.86. The molecule has 1 aromatic rings. The Kier molecular flexibility index (Phi) is 3.11. The zero-order valence-electron chi connectivity index (χ0n) is 8.47. The van der Waals surface area contributed by atoms with Gasteiger partial charge in [0.1, 0.15) is 0 Å². The molecule has 14 heavy (non-hydrogen) atoms. The van der Waals surface area contributed by atoms with Gasteiger partial charge < -0.3 is 5.32 Å². The molecule has 1 amide bonds. The molecule has 0 aliphatic heterocycles. The van der Waals surface area contributed by atoms with Crippen molar-refractivity contribution in [1.29, 1.82) is 0 Å². The Hall–Kier alpha value is -1.09. The predicted molar refractivity (Wildman–Crippen MR) is 56.1 cm³/mol. The van der Waals surface area contributed by atoms with Gasteiger partial charge in [-0.2, -0.15) is 0 Å². The molecule has 0 bridgehead atoms. The maximum Gasteiger partial charge on any atom is 0.217 e. The highest BCUT2D eigenvalue weighted by Gasteiger charge is 2.22. The van der Waals surface area contributed by atoms with E-state index in [1.807, 2.05) is 13.8 Å². The number of nitrogens with one attached hydrogen (secondary N) is 1. The quantitative estimate of drug-likeness (QED) is 0.816. The van der Waals surface area contributed by atoms with Gasteiger partial charge in [-0.15, -0.1) is 0 Å². The summed E-state index contributed by atoms with van der Waals surface area (Å²) >= 11 is 5.72. The van der Waals surface area contributed by atoms with Gasteiger partial charge in [-0.3, -0.25) is 9.78 Å². The number of amides is 1. The highest BCUT2D eigenvalue weighted by atomic mass is 35.5. The molecule has 3 nitrogen and oxygen atoms in total. The smallest absolute Gasteiger partial charge is 0.217 e. The average Bonchev–Trinajstić information content (AvgIpc) is 2.02. The number of carbonyl (C=O) groups is 1. The van der Waals surface area contributed by atoms with Crippen molar-refractivity contribution < 1.29 is 4.79 Å². The fraction of sp³-hybridized carbons (Fsp3) is 0.400. The van der Waals surface area contributed by atoms with Crippen molar-refractivity contribution in [3.05, 3.63) is 29.0 Å². The van der Waals surface area contributed by atoms with E-state index in [9.17, 15) is 4.79 Å². The molecule has 4 heteroatoms. The van der Waals surface area contributed by atoms with Gasteiger partial charge in [-0.05, 0) is 26.0 Å². The molecule has 0 unspecified atom stereocenters. The van der Waals surface area contributed by atoms with Crippen molar-refractivity contribution in [3.8, 4) is 0 Å². The molecule has 0 atom stereocenters. The van der Waals surface area contributed by atoms with Crippen LogP contribution in [0, 0.1) is 0 Å². The summed E-state index contributed by atoms with van der Waals surface area (Å²) in [5.74, 6) is -0.0771. The first kappa shape index (κ1) is 11.0. The van der Waals surface area contributed by atoms with Crippen LogP contribution in [0.1, 0.15) is 26.5 Å². The monoisotopic (exact) mass is 212 g/mol. The molecule has 0 aromatic carbocycles. The fourth-order valence-corrected chi connectivity index (χ4v) is 1.36. The van der Waals surface area contributed by atoms with Crippen LogP contribution in [-0.2, 0) is 10.3 Å². The van der Waals surface area contributed by atoms with Crippen molar-refractivity contribution >= 4 is 17.5 Å². The van der Waals surface area contributed by atoms with Gasteiger partial charge in [0.05, 0.1) is 16.3 Å². The molecule has 0 radical (unpaired) electrons. The van der Waals surface area contributed by atoms with E-state index in [2.05, 4.69) is 10.3 Å². The molecule has 0 saturated carbocycles. The van der Waals surface area contributed by atoms with E-state index >= 15 is 0 Å². The van der Waals surface area contributed by atoms with Crippen LogP contribution in [0.25, 0.3) is 0 Å². The van der Waals surface area contributed by atoms with Crippen LogP contribution in [0.4, 0.5) is 0 Å². The SMILES string of the molecule is CC(=O)NC(C)(C)c1ccc(Cl)cn1. The Morgan fingerprint density at radius 2 is 2.14 bits per heavy atom. The number of rotatable bonds is 2. The second kappa shape index (κ2) is 3.96. The molecule has 0 saturated heterocycles. The van der Waals surface area contributed by atoms with E-state index in [4.69, 9.17) is 11.6 Å². The first-order valence-corrected chi connectivity index (χ1v) is 4.70. The summed E-state index contributed by atoms with van der Waals surface area (Å²) < 4.78 is 0. The molecule has 1 N–H and O–H groups in total. The van der Waals surface area contributed by atoms with Gasteiger partial charge in [0.15, 0.2) is 0 Å². The predicted octanol–water partition coefficient (Wildman–Crippen LogP) is 2.11. The van der Waals surface area contributed by atoms with Crippen LogP contribution in [0.15, 0.2) is 18.3 Å². The molecule has 0 fully saturated rings. The highest BCUT2D eigenvalue weighted by Crippen LogP contribution is 2.18. The molecular weight excluding hydrogens is 200 g/mol. The summed E-state index contributed by atoms with van der Waals surface area (Å²) in [4.78, 5) is 15.1. The topological polar surface area (TPSA) is 42.0 Å². The molecule has 1 heterocycles. The number of halogens is 1. The second-order valence-electron chi connectivity index (χ2n) is 3.67. The van der Waals surface area contributed by atoms with Crippen LogP contribution in [0.3, 0.4) is 0 Å². The van der Waals surface area contributed by atoms with Crippen molar-refractivity contribution in [2.24, 2.45) is 0 Å². The van der Waals surface area contributed by atoms with Crippen LogP contribution < -0.4 is 5.32 Å². The van der Waals surface area contributed by atoms with E-state index < -0.39 is 5.54 Å². The maximum atomic E-state index is 10.9. The Morgan fingerprint density at radius 3 is 2.57 bits per heavy atom. The summed E-state index contributed by atoms with van der Waals surface area (Å²) in [5, 5.41) is 3.40. The lowest BCUT2D eigenvalue weighted by atomic mass is 10.00. The minimum atomic E-state index is -0.462. The van der Waals surface area contributed by atoms with E-state index in [-0.39, 0.29) is 5.91 Å². The lowest BCUT2D eigenvalue weighted by Crippen LogP contribution is -2.40. The first-order chi connectivity index (χ1) is 6.42. The number of nitrogens with zero attached hydrogens (tertiary/aromatic N) is 1. The zero-order valence-corrected chi connectivity index (χ0v) is 9.22. The molecule has 1 aromatic heterocycles. The van der Waals surface area contributed by atoms with Gasteiger partial charge >= 0.3 is 0 Å². The van der Waals surface area contributed by atoms with Gasteiger partial charge in [-0.1, -0.05) is 11.6 Å². The minimum Gasteiger partial charge on any atom is -0.346 e. The molecule has 76 valence electrons. The standard InChI is InChI=1S/C10H13ClN2O/c1-7(14)13-10(2,3)9-5-4-8(11)6-12-9/h4-6H,1-3H3,(H,13,14). The molecule has 1 rings (SSSR count). The van der Waals surface area contributed by atoms with Crippen LogP contribution in [-0.4, -0.2) is 10.9 Å². The lowest BCUT2D eigenvalue weighted by molar-refractivity contribution is -0.120. The van der Waals surface area contributed by atoms with Gasteiger partial charge in [0.2, 0.25) is 5.91 Å². The zero-order chi connectivity index (χ0) is 10.8. The third-order valence-corrected chi connectivity index (χ3v) is 2.08. The number of hydrogen-bond donors (Lipinski definition) is 1. The van der Waals surface area contributed by atoms with E-state index in [1.165, 1.54) is 6.92 Å². The third kappa shape index (κ3) is 2.70. The lowest BCUT2D eigenvalue weighted by Gasteiger charge is -2.24. The summed E-state index contributed by atoms with van der Waals surface area (Å²) in [7, 11) is 0. The van der Waals surface area contributed by atoms with Crippen molar-refractivity contribution in [1.82, 2.24) is 10.3 Å².